The van der Waals surface area contributed by atoms with Gasteiger partial charge in [0.2, 0.25) is 0 Å². The fraction of sp³-hybridized carbons (Fsp3) is 0.429. The summed E-state index contributed by atoms with van der Waals surface area (Å²) in [7, 11) is 0. The predicted molar refractivity (Wildman–Crippen MR) is 66.2 cm³/mol. The van der Waals surface area contributed by atoms with Crippen LogP contribution >= 0.6 is 0 Å². The third kappa shape index (κ3) is 2.41. The molecule has 1 saturated carbocycles. The number of hydrogen-bond acceptors (Lipinski definition) is 1. The highest BCUT2D eigenvalue weighted by Crippen LogP contribution is 2.27. The standard InChI is InChI=1S/C14H19N/c1-2-12-15(14-10-6-7-11-14)13-8-4-3-5-9-13/h2-5,8-9,14H,1,6-7,10-12H2. The highest BCUT2D eigenvalue weighted by Gasteiger charge is 2.21. The van der Waals surface area contributed by atoms with Gasteiger partial charge in [0.05, 0.1) is 0 Å². The number of para-hydroxylation sites is 1. The van der Waals surface area contributed by atoms with Gasteiger partial charge in [-0.1, -0.05) is 37.1 Å². The highest BCUT2D eigenvalue weighted by molar-refractivity contribution is 5.47. The molecule has 1 aromatic carbocycles. The van der Waals surface area contributed by atoms with Crippen molar-refractivity contribution in [2.75, 3.05) is 11.4 Å². The molecule has 0 saturated heterocycles. The Kier molecular flexibility index (Phi) is 3.44. The molecule has 0 amide bonds. The fourth-order valence-electron chi connectivity index (χ4n) is 2.44. The van der Waals surface area contributed by atoms with E-state index in [0.29, 0.717) is 0 Å². The molecule has 0 unspecified atom stereocenters. The van der Waals surface area contributed by atoms with Crippen LogP contribution in [0.3, 0.4) is 0 Å². The van der Waals surface area contributed by atoms with Crippen molar-refractivity contribution in [3.8, 4) is 0 Å². The number of benzene rings is 1. The molecule has 0 bridgehead atoms. The maximum atomic E-state index is 3.86. The molecule has 0 N–H and O–H groups in total. The minimum Gasteiger partial charge on any atom is -0.365 e. The molecule has 0 aliphatic heterocycles. The predicted octanol–water partition coefficient (Wildman–Crippen LogP) is 3.62. The second-order valence-corrected chi connectivity index (χ2v) is 4.21. The average Bonchev–Trinajstić information content (AvgIpc) is 2.80. The monoisotopic (exact) mass is 201 g/mol. The summed E-state index contributed by atoms with van der Waals surface area (Å²) < 4.78 is 0. The molecule has 1 heteroatoms. The summed E-state index contributed by atoms with van der Waals surface area (Å²) in [5.41, 5.74) is 1.34. The van der Waals surface area contributed by atoms with Crippen molar-refractivity contribution >= 4 is 5.69 Å². The maximum Gasteiger partial charge on any atom is 0.0371 e. The molecule has 1 aliphatic carbocycles. The molecule has 0 spiro atoms. The lowest BCUT2D eigenvalue weighted by Gasteiger charge is -2.30. The van der Waals surface area contributed by atoms with E-state index in [-0.39, 0.29) is 0 Å². The Balaban J connectivity index is 2.15. The first-order chi connectivity index (χ1) is 7.42. The SMILES string of the molecule is C=CCN(c1ccccc1)C1CCCC1. The second kappa shape index (κ2) is 5.01. The molecule has 1 fully saturated rings. The third-order valence-corrected chi connectivity index (χ3v) is 3.18. The average molecular weight is 201 g/mol. The Morgan fingerprint density at radius 2 is 1.87 bits per heavy atom. The van der Waals surface area contributed by atoms with Crippen molar-refractivity contribution in [3.63, 3.8) is 0 Å². The van der Waals surface area contributed by atoms with Crippen LogP contribution < -0.4 is 4.90 Å². The zero-order valence-electron chi connectivity index (χ0n) is 9.23. The van der Waals surface area contributed by atoms with Crippen LogP contribution in [0.2, 0.25) is 0 Å². The Labute approximate surface area is 92.4 Å². The summed E-state index contributed by atoms with van der Waals surface area (Å²) >= 11 is 0. The molecule has 2 rings (SSSR count). The molecular formula is C14H19N. The lowest BCUT2D eigenvalue weighted by molar-refractivity contribution is 0.632. The minimum absolute atomic E-state index is 0.727. The van der Waals surface area contributed by atoms with E-state index in [4.69, 9.17) is 0 Å². The summed E-state index contributed by atoms with van der Waals surface area (Å²) in [6.07, 6.45) is 7.44. The minimum atomic E-state index is 0.727. The molecule has 0 aromatic heterocycles. The molecule has 1 nitrogen and oxygen atoms in total. The maximum absolute atomic E-state index is 3.86. The normalized spacial score (nSPS) is 16.5. The van der Waals surface area contributed by atoms with Crippen molar-refractivity contribution in [3.05, 3.63) is 43.0 Å². The van der Waals surface area contributed by atoms with Crippen molar-refractivity contribution in [2.24, 2.45) is 0 Å². The van der Waals surface area contributed by atoms with E-state index < -0.39 is 0 Å². The van der Waals surface area contributed by atoms with Gasteiger partial charge in [0.1, 0.15) is 0 Å². The Bertz CT molecular complexity index is 298. The zero-order chi connectivity index (χ0) is 10.5. The first-order valence-corrected chi connectivity index (χ1v) is 5.84. The first kappa shape index (κ1) is 10.3. The van der Waals surface area contributed by atoms with Gasteiger partial charge in [0.15, 0.2) is 0 Å². The highest BCUT2D eigenvalue weighted by atomic mass is 15.2. The van der Waals surface area contributed by atoms with E-state index in [1.807, 2.05) is 6.08 Å². The Morgan fingerprint density at radius 1 is 1.20 bits per heavy atom. The summed E-state index contributed by atoms with van der Waals surface area (Å²) in [6.45, 7) is 4.82. The van der Waals surface area contributed by atoms with Gasteiger partial charge in [0, 0.05) is 18.3 Å². The van der Waals surface area contributed by atoms with Gasteiger partial charge in [-0.2, -0.15) is 0 Å². The molecule has 15 heavy (non-hydrogen) atoms. The van der Waals surface area contributed by atoms with Crippen LogP contribution in [0.25, 0.3) is 0 Å². The van der Waals surface area contributed by atoms with E-state index in [9.17, 15) is 0 Å². The Hall–Kier alpha value is -1.24. The molecule has 80 valence electrons. The number of rotatable bonds is 4. The smallest absolute Gasteiger partial charge is 0.0371 e. The second-order valence-electron chi connectivity index (χ2n) is 4.21. The van der Waals surface area contributed by atoms with Crippen LogP contribution in [0.15, 0.2) is 43.0 Å². The summed E-state index contributed by atoms with van der Waals surface area (Å²) in [4.78, 5) is 2.49. The molecule has 0 atom stereocenters. The molecule has 1 aromatic rings. The lowest BCUT2D eigenvalue weighted by Crippen LogP contribution is -2.33. The van der Waals surface area contributed by atoms with Gasteiger partial charge in [-0.15, -0.1) is 6.58 Å². The van der Waals surface area contributed by atoms with Crippen molar-refractivity contribution in [2.45, 2.75) is 31.7 Å². The van der Waals surface area contributed by atoms with E-state index >= 15 is 0 Å². The quantitative estimate of drug-likeness (QED) is 0.672. The van der Waals surface area contributed by atoms with E-state index in [1.54, 1.807) is 0 Å². The van der Waals surface area contributed by atoms with Gasteiger partial charge >= 0.3 is 0 Å². The summed E-state index contributed by atoms with van der Waals surface area (Å²) in [5.74, 6) is 0. The molecule has 0 heterocycles. The van der Waals surface area contributed by atoms with E-state index in [2.05, 4.69) is 41.8 Å². The number of anilines is 1. The number of nitrogens with zero attached hydrogens (tertiary/aromatic N) is 1. The summed E-state index contributed by atoms with van der Waals surface area (Å²) in [5, 5.41) is 0. The van der Waals surface area contributed by atoms with Crippen molar-refractivity contribution in [1.29, 1.82) is 0 Å². The van der Waals surface area contributed by atoms with Crippen molar-refractivity contribution < 1.29 is 0 Å². The Morgan fingerprint density at radius 3 is 2.47 bits per heavy atom. The van der Waals surface area contributed by atoms with Crippen LogP contribution in [0, 0.1) is 0 Å². The van der Waals surface area contributed by atoms with Crippen LogP contribution in [-0.4, -0.2) is 12.6 Å². The molecular weight excluding hydrogens is 182 g/mol. The van der Waals surface area contributed by atoms with Gasteiger partial charge in [0.25, 0.3) is 0 Å². The lowest BCUT2D eigenvalue weighted by atomic mass is 10.1. The third-order valence-electron chi connectivity index (χ3n) is 3.18. The van der Waals surface area contributed by atoms with Crippen LogP contribution in [0.4, 0.5) is 5.69 Å². The van der Waals surface area contributed by atoms with E-state index in [1.165, 1.54) is 31.4 Å². The topological polar surface area (TPSA) is 3.24 Å². The molecule has 1 aliphatic rings. The largest absolute Gasteiger partial charge is 0.365 e. The van der Waals surface area contributed by atoms with Crippen LogP contribution in [0.1, 0.15) is 25.7 Å². The zero-order valence-corrected chi connectivity index (χ0v) is 9.23. The van der Waals surface area contributed by atoms with Gasteiger partial charge in [-0.25, -0.2) is 0 Å². The van der Waals surface area contributed by atoms with Crippen molar-refractivity contribution in [1.82, 2.24) is 0 Å². The van der Waals surface area contributed by atoms with Gasteiger partial charge in [-0.05, 0) is 25.0 Å². The first-order valence-electron chi connectivity index (χ1n) is 5.84. The summed E-state index contributed by atoms with van der Waals surface area (Å²) in [6, 6.07) is 11.4. The van der Waals surface area contributed by atoms with Crippen LogP contribution in [-0.2, 0) is 0 Å². The number of hydrogen-bond donors (Lipinski definition) is 0. The van der Waals surface area contributed by atoms with E-state index in [0.717, 1.165) is 12.6 Å². The van der Waals surface area contributed by atoms with Gasteiger partial charge in [-0.3, -0.25) is 0 Å². The van der Waals surface area contributed by atoms with Gasteiger partial charge < -0.3 is 4.90 Å². The van der Waals surface area contributed by atoms with Crippen LogP contribution in [0.5, 0.6) is 0 Å². The fourth-order valence-corrected chi connectivity index (χ4v) is 2.44. The molecule has 0 radical (unpaired) electrons.